The average molecular weight is 497 g/mol. The van der Waals surface area contributed by atoms with E-state index >= 15 is 0 Å². The summed E-state index contributed by atoms with van der Waals surface area (Å²) in [6.07, 6.45) is 14.3. The molecule has 6 nitrogen and oxygen atoms in total. The summed E-state index contributed by atoms with van der Waals surface area (Å²) in [5.74, 6) is 2.00. The Kier molecular flexibility index (Phi) is 9.86. The first-order valence-corrected chi connectivity index (χ1v) is 13.4. The van der Waals surface area contributed by atoms with Crippen molar-refractivity contribution < 1.29 is 0 Å². The predicted molar refractivity (Wildman–Crippen MR) is 152 cm³/mol. The lowest BCUT2D eigenvalue weighted by molar-refractivity contribution is 0.233. The van der Waals surface area contributed by atoms with Crippen LogP contribution in [0.5, 0.6) is 0 Å². The van der Waals surface area contributed by atoms with Gasteiger partial charge in [-0.2, -0.15) is 0 Å². The van der Waals surface area contributed by atoms with Crippen molar-refractivity contribution >= 4 is 12.2 Å². The maximum Gasteiger partial charge on any atom is 0.122 e. The van der Waals surface area contributed by atoms with Crippen LogP contribution in [0.1, 0.15) is 60.6 Å². The molecule has 4 aromatic rings. The highest BCUT2D eigenvalue weighted by atomic mass is 15.2. The van der Waals surface area contributed by atoms with Crippen LogP contribution in [0.4, 0.5) is 0 Å². The summed E-state index contributed by atoms with van der Waals surface area (Å²) in [5.41, 5.74) is 5.08. The van der Waals surface area contributed by atoms with Gasteiger partial charge in [-0.05, 0) is 48.2 Å². The molecule has 0 unspecified atom stereocenters. The lowest BCUT2D eigenvalue weighted by Crippen LogP contribution is -2.24. The summed E-state index contributed by atoms with van der Waals surface area (Å²) in [7, 11) is 2.04. The zero-order chi connectivity index (χ0) is 25.9. The molecule has 0 saturated carbocycles. The zero-order valence-electron chi connectivity index (χ0n) is 22.5. The van der Waals surface area contributed by atoms with Crippen LogP contribution in [0.2, 0.25) is 0 Å². The Hall–Kier alpha value is -3.48. The van der Waals surface area contributed by atoms with E-state index in [9.17, 15) is 0 Å². The van der Waals surface area contributed by atoms with E-state index in [1.165, 1.54) is 35.1 Å². The molecule has 194 valence electrons. The number of aryl methyl sites for hydroxylation is 1. The molecule has 2 aromatic carbocycles. The summed E-state index contributed by atoms with van der Waals surface area (Å²) in [6.45, 7) is 10.2. The van der Waals surface area contributed by atoms with Gasteiger partial charge in [0.05, 0.1) is 13.1 Å². The summed E-state index contributed by atoms with van der Waals surface area (Å²) >= 11 is 0. The standard InChI is InChI=1S/C31H40N6/c1-4-19-36(20-5-2)22-28-12-8-26(9-13-28)6-7-27-10-14-29(15-11-27)23-37(24-30-32-16-17-33-30)25-31-34-18-21-35(31)3/h6-18,21H,4-5,19-20,22-25H2,1-3H3,(H,32,33)/b7-6-. The third-order valence-corrected chi connectivity index (χ3v) is 6.53. The average Bonchev–Trinajstić information content (AvgIpc) is 3.56. The normalized spacial score (nSPS) is 11.8. The van der Waals surface area contributed by atoms with Crippen molar-refractivity contribution in [3.63, 3.8) is 0 Å². The van der Waals surface area contributed by atoms with Gasteiger partial charge in [-0.15, -0.1) is 0 Å². The van der Waals surface area contributed by atoms with E-state index in [2.05, 4.69) is 104 Å². The molecule has 0 radical (unpaired) electrons. The van der Waals surface area contributed by atoms with Crippen LogP contribution in [0.15, 0.2) is 73.3 Å². The van der Waals surface area contributed by atoms with Crippen molar-refractivity contribution in [1.29, 1.82) is 0 Å². The maximum atomic E-state index is 4.51. The van der Waals surface area contributed by atoms with Gasteiger partial charge in [0, 0.05) is 44.9 Å². The molecule has 2 heterocycles. The van der Waals surface area contributed by atoms with Gasteiger partial charge >= 0.3 is 0 Å². The number of nitrogens with one attached hydrogen (secondary N) is 1. The first-order chi connectivity index (χ1) is 18.1. The number of aromatic amines is 1. The van der Waals surface area contributed by atoms with Gasteiger partial charge in [-0.1, -0.05) is 74.5 Å². The van der Waals surface area contributed by atoms with Crippen LogP contribution in [-0.2, 0) is 33.2 Å². The van der Waals surface area contributed by atoms with E-state index in [0.717, 1.165) is 50.9 Å². The lowest BCUT2D eigenvalue weighted by atomic mass is 10.1. The highest BCUT2D eigenvalue weighted by Crippen LogP contribution is 2.15. The van der Waals surface area contributed by atoms with E-state index in [-0.39, 0.29) is 0 Å². The molecule has 0 aliphatic rings. The Morgan fingerprint density at radius 2 is 1.32 bits per heavy atom. The van der Waals surface area contributed by atoms with Gasteiger partial charge in [-0.25, -0.2) is 9.97 Å². The van der Waals surface area contributed by atoms with Crippen LogP contribution < -0.4 is 0 Å². The molecule has 37 heavy (non-hydrogen) atoms. The fourth-order valence-corrected chi connectivity index (χ4v) is 4.59. The molecular formula is C31H40N6. The maximum absolute atomic E-state index is 4.51. The second-order valence-electron chi connectivity index (χ2n) is 9.73. The van der Waals surface area contributed by atoms with E-state index in [0.29, 0.717) is 0 Å². The van der Waals surface area contributed by atoms with E-state index in [1.54, 1.807) is 6.20 Å². The Morgan fingerprint density at radius 1 is 0.730 bits per heavy atom. The molecule has 0 bridgehead atoms. The van der Waals surface area contributed by atoms with Crippen LogP contribution in [-0.4, -0.2) is 42.4 Å². The number of imidazole rings is 2. The number of benzene rings is 2. The first-order valence-electron chi connectivity index (χ1n) is 13.4. The SMILES string of the molecule is CCCN(CCC)Cc1ccc(/C=C\c2ccc(CN(Cc3ncc[nH]3)Cc3nccn3C)cc2)cc1. The number of hydrogen-bond donors (Lipinski definition) is 1. The number of nitrogens with zero attached hydrogens (tertiary/aromatic N) is 5. The smallest absolute Gasteiger partial charge is 0.122 e. The van der Waals surface area contributed by atoms with Gasteiger partial charge in [-0.3, -0.25) is 9.80 Å². The number of aromatic nitrogens is 4. The Morgan fingerprint density at radius 3 is 1.81 bits per heavy atom. The summed E-state index contributed by atoms with van der Waals surface area (Å²) in [4.78, 5) is 17.0. The molecular weight excluding hydrogens is 456 g/mol. The second-order valence-corrected chi connectivity index (χ2v) is 9.73. The molecule has 2 aromatic heterocycles. The van der Waals surface area contributed by atoms with Gasteiger partial charge in [0.15, 0.2) is 0 Å². The minimum atomic E-state index is 0.742. The zero-order valence-corrected chi connectivity index (χ0v) is 22.5. The molecule has 0 amide bonds. The molecule has 0 aliphatic heterocycles. The van der Waals surface area contributed by atoms with Crippen LogP contribution in [0, 0.1) is 0 Å². The second kappa shape index (κ2) is 13.7. The Bertz CT molecular complexity index is 1200. The Labute approximate surface area is 221 Å². The molecule has 0 spiro atoms. The monoisotopic (exact) mass is 496 g/mol. The lowest BCUT2D eigenvalue weighted by Gasteiger charge is -2.21. The summed E-state index contributed by atoms with van der Waals surface area (Å²) < 4.78 is 2.07. The minimum Gasteiger partial charge on any atom is -0.348 e. The first kappa shape index (κ1) is 26.6. The van der Waals surface area contributed by atoms with Crippen molar-refractivity contribution in [2.45, 2.75) is 52.9 Å². The van der Waals surface area contributed by atoms with E-state index < -0.39 is 0 Å². The highest BCUT2D eigenvalue weighted by Gasteiger charge is 2.12. The predicted octanol–water partition coefficient (Wildman–Crippen LogP) is 6.14. The van der Waals surface area contributed by atoms with E-state index in [1.807, 2.05) is 25.6 Å². The van der Waals surface area contributed by atoms with Crippen LogP contribution in [0.25, 0.3) is 12.2 Å². The number of hydrogen-bond acceptors (Lipinski definition) is 4. The molecule has 0 atom stereocenters. The van der Waals surface area contributed by atoms with E-state index in [4.69, 9.17) is 0 Å². The van der Waals surface area contributed by atoms with Gasteiger partial charge in [0.25, 0.3) is 0 Å². The molecule has 1 N–H and O–H groups in total. The molecule has 0 fully saturated rings. The van der Waals surface area contributed by atoms with Gasteiger partial charge in [0.1, 0.15) is 11.6 Å². The fourth-order valence-electron chi connectivity index (χ4n) is 4.59. The minimum absolute atomic E-state index is 0.742. The summed E-state index contributed by atoms with van der Waals surface area (Å²) in [5, 5.41) is 0. The molecule has 6 heteroatoms. The van der Waals surface area contributed by atoms with Crippen molar-refractivity contribution in [2.75, 3.05) is 13.1 Å². The Balaban J connectivity index is 1.35. The third-order valence-electron chi connectivity index (χ3n) is 6.53. The van der Waals surface area contributed by atoms with Crippen LogP contribution >= 0.6 is 0 Å². The fraction of sp³-hybridized carbons (Fsp3) is 0.355. The van der Waals surface area contributed by atoms with Gasteiger partial charge < -0.3 is 9.55 Å². The quantitative estimate of drug-likeness (QED) is 0.213. The van der Waals surface area contributed by atoms with Crippen molar-refractivity contribution in [3.05, 3.63) is 107 Å². The van der Waals surface area contributed by atoms with Gasteiger partial charge in [0.2, 0.25) is 0 Å². The van der Waals surface area contributed by atoms with Crippen LogP contribution in [0.3, 0.4) is 0 Å². The highest BCUT2D eigenvalue weighted by molar-refractivity contribution is 5.69. The largest absolute Gasteiger partial charge is 0.348 e. The number of H-pyrrole nitrogens is 1. The van der Waals surface area contributed by atoms with Crippen molar-refractivity contribution in [3.8, 4) is 0 Å². The summed E-state index contributed by atoms with van der Waals surface area (Å²) in [6, 6.07) is 17.8. The number of rotatable bonds is 14. The topological polar surface area (TPSA) is 53.0 Å². The third kappa shape index (κ3) is 8.27. The van der Waals surface area contributed by atoms with Crippen molar-refractivity contribution in [2.24, 2.45) is 7.05 Å². The molecule has 0 saturated heterocycles. The molecule has 0 aliphatic carbocycles. The van der Waals surface area contributed by atoms with Crippen molar-refractivity contribution in [1.82, 2.24) is 29.3 Å². The molecule has 4 rings (SSSR count).